The molecule has 0 aromatic carbocycles. The van der Waals surface area contributed by atoms with Gasteiger partial charge in [0.15, 0.2) is 5.16 Å². The Morgan fingerprint density at radius 2 is 2.06 bits per heavy atom. The van der Waals surface area contributed by atoms with Crippen molar-refractivity contribution < 1.29 is 0 Å². The van der Waals surface area contributed by atoms with E-state index in [1.54, 1.807) is 16.3 Å². The van der Waals surface area contributed by atoms with Crippen LogP contribution in [0.15, 0.2) is 9.95 Å². The van der Waals surface area contributed by atoms with Gasteiger partial charge in [-0.15, -0.1) is 5.10 Å². The lowest BCUT2D eigenvalue weighted by Crippen LogP contribution is -2.25. The predicted molar refractivity (Wildman–Crippen MR) is 80.7 cm³/mol. The predicted octanol–water partition coefficient (Wildman–Crippen LogP) is 2.81. The van der Waals surface area contributed by atoms with E-state index in [4.69, 9.17) is 0 Å². The van der Waals surface area contributed by atoms with Crippen LogP contribution in [0, 0.1) is 5.41 Å². The Morgan fingerprint density at radius 1 is 1.39 bits per heavy atom. The van der Waals surface area contributed by atoms with Crippen LogP contribution in [0.1, 0.15) is 40.0 Å². The highest BCUT2D eigenvalue weighted by molar-refractivity contribution is 7.99. The summed E-state index contributed by atoms with van der Waals surface area (Å²) in [6, 6.07) is 0. The van der Waals surface area contributed by atoms with E-state index in [1.807, 2.05) is 0 Å². The minimum atomic E-state index is -0.108. The Bertz CT molecular complexity index is 401. The molecule has 0 unspecified atom stereocenters. The third kappa shape index (κ3) is 3.57. The summed E-state index contributed by atoms with van der Waals surface area (Å²) >= 11 is 6.13. The minimum absolute atomic E-state index is 0.108. The van der Waals surface area contributed by atoms with E-state index in [1.165, 1.54) is 0 Å². The molecule has 0 saturated heterocycles. The normalized spacial score (nSPS) is 12.0. The van der Waals surface area contributed by atoms with Gasteiger partial charge >= 0.3 is 5.69 Å². The molecule has 0 aliphatic rings. The van der Waals surface area contributed by atoms with E-state index >= 15 is 0 Å². The number of hydrogen-bond donors (Lipinski definition) is 2. The topological polar surface area (TPSA) is 50.7 Å². The zero-order valence-corrected chi connectivity index (χ0v) is 13.1. The van der Waals surface area contributed by atoms with Crippen LogP contribution in [-0.2, 0) is 6.54 Å². The molecule has 4 nitrogen and oxygen atoms in total. The molecule has 0 bridgehead atoms. The Labute approximate surface area is 118 Å². The number of nitrogens with zero attached hydrogens (tertiary/aromatic N) is 2. The second-order valence-electron chi connectivity index (χ2n) is 4.62. The van der Waals surface area contributed by atoms with E-state index in [0.29, 0.717) is 0 Å². The third-order valence-corrected chi connectivity index (χ3v) is 5.51. The summed E-state index contributed by atoms with van der Waals surface area (Å²) in [7, 11) is 0. The molecule has 0 aliphatic heterocycles. The van der Waals surface area contributed by atoms with Crippen molar-refractivity contribution >= 4 is 24.4 Å². The first-order chi connectivity index (χ1) is 8.62. The van der Waals surface area contributed by atoms with E-state index in [2.05, 4.69) is 43.6 Å². The summed E-state index contributed by atoms with van der Waals surface area (Å²) in [6.07, 6.45) is 3.14. The molecule has 0 atom stereocenters. The summed E-state index contributed by atoms with van der Waals surface area (Å²) in [5, 5.41) is 7.43. The molecular weight excluding hydrogens is 266 g/mol. The third-order valence-electron chi connectivity index (χ3n) is 3.51. The van der Waals surface area contributed by atoms with Gasteiger partial charge in [0.2, 0.25) is 0 Å². The molecule has 0 radical (unpaired) electrons. The fraction of sp³-hybridized carbons (Fsp3) is 0.833. The number of rotatable bonds is 8. The molecule has 18 heavy (non-hydrogen) atoms. The molecule has 1 aromatic rings. The molecule has 1 rings (SSSR count). The van der Waals surface area contributed by atoms with Gasteiger partial charge in [-0.25, -0.2) is 9.89 Å². The molecule has 104 valence electrons. The van der Waals surface area contributed by atoms with Crippen LogP contribution in [0.5, 0.6) is 0 Å². The lowest BCUT2D eigenvalue weighted by molar-refractivity contribution is 0.357. The van der Waals surface area contributed by atoms with Crippen molar-refractivity contribution in [3.63, 3.8) is 0 Å². The van der Waals surface area contributed by atoms with Crippen molar-refractivity contribution in [3.8, 4) is 0 Å². The van der Waals surface area contributed by atoms with Gasteiger partial charge in [0, 0.05) is 12.3 Å². The zero-order chi connectivity index (χ0) is 13.6. The number of thioether (sulfide) groups is 1. The molecule has 0 fully saturated rings. The van der Waals surface area contributed by atoms with E-state index in [0.717, 1.165) is 42.5 Å². The lowest BCUT2D eigenvalue weighted by Gasteiger charge is -2.29. The summed E-state index contributed by atoms with van der Waals surface area (Å²) < 4.78 is 1.72. The second kappa shape index (κ2) is 7.28. The van der Waals surface area contributed by atoms with Crippen molar-refractivity contribution in [1.82, 2.24) is 14.8 Å². The monoisotopic (exact) mass is 289 g/mol. The van der Waals surface area contributed by atoms with Crippen LogP contribution < -0.4 is 5.69 Å². The second-order valence-corrected chi connectivity index (χ2v) is 5.88. The fourth-order valence-electron chi connectivity index (χ4n) is 1.78. The molecule has 0 saturated carbocycles. The highest BCUT2D eigenvalue weighted by Crippen LogP contribution is 2.34. The van der Waals surface area contributed by atoms with Crippen molar-refractivity contribution in [3.05, 3.63) is 10.5 Å². The minimum Gasteiger partial charge on any atom is -0.270 e. The van der Waals surface area contributed by atoms with Crippen molar-refractivity contribution in [2.45, 2.75) is 51.7 Å². The maximum atomic E-state index is 11.6. The van der Waals surface area contributed by atoms with Gasteiger partial charge in [-0.2, -0.15) is 12.6 Å². The van der Waals surface area contributed by atoms with Crippen LogP contribution in [0.25, 0.3) is 0 Å². The summed E-state index contributed by atoms with van der Waals surface area (Å²) in [4.78, 5) is 11.6. The smallest absolute Gasteiger partial charge is 0.270 e. The number of aromatic amines is 1. The standard InChI is InChI=1S/C12H23N3OS2/c1-4-7-15-10(16)13-14-11(15)18-9-12(5-2,6-3)8-17/h17H,4-9H2,1-3H3,(H,13,16). The molecule has 0 amide bonds. The van der Waals surface area contributed by atoms with Crippen LogP contribution in [-0.4, -0.2) is 26.3 Å². The van der Waals surface area contributed by atoms with Crippen LogP contribution in [0.3, 0.4) is 0 Å². The average molecular weight is 289 g/mol. The summed E-state index contributed by atoms with van der Waals surface area (Å²) in [5.74, 6) is 1.83. The highest BCUT2D eigenvalue weighted by atomic mass is 32.2. The van der Waals surface area contributed by atoms with Crippen molar-refractivity contribution in [2.24, 2.45) is 5.41 Å². The Balaban J connectivity index is 2.76. The first-order valence-electron chi connectivity index (χ1n) is 6.51. The summed E-state index contributed by atoms with van der Waals surface area (Å²) in [6.45, 7) is 7.18. The number of hydrogen-bond acceptors (Lipinski definition) is 4. The molecule has 6 heteroatoms. The fourth-order valence-corrected chi connectivity index (χ4v) is 3.87. The zero-order valence-electron chi connectivity index (χ0n) is 11.4. The molecular formula is C12H23N3OS2. The Morgan fingerprint density at radius 3 is 2.56 bits per heavy atom. The maximum Gasteiger partial charge on any atom is 0.343 e. The first-order valence-corrected chi connectivity index (χ1v) is 8.13. The van der Waals surface area contributed by atoms with Gasteiger partial charge in [0.05, 0.1) is 0 Å². The molecule has 1 heterocycles. The lowest BCUT2D eigenvalue weighted by atomic mass is 9.87. The Hall–Kier alpha value is -0.360. The number of H-pyrrole nitrogens is 1. The van der Waals surface area contributed by atoms with Gasteiger partial charge < -0.3 is 0 Å². The van der Waals surface area contributed by atoms with Crippen molar-refractivity contribution in [1.29, 1.82) is 0 Å². The number of nitrogens with one attached hydrogen (secondary N) is 1. The van der Waals surface area contributed by atoms with Gasteiger partial charge in [-0.3, -0.25) is 4.57 Å². The average Bonchev–Trinajstić information content (AvgIpc) is 2.74. The van der Waals surface area contributed by atoms with E-state index in [9.17, 15) is 4.79 Å². The molecule has 0 spiro atoms. The quantitative estimate of drug-likeness (QED) is 0.571. The largest absolute Gasteiger partial charge is 0.343 e. The van der Waals surface area contributed by atoms with Crippen molar-refractivity contribution in [2.75, 3.05) is 11.5 Å². The van der Waals surface area contributed by atoms with Crippen LogP contribution in [0.2, 0.25) is 0 Å². The highest BCUT2D eigenvalue weighted by Gasteiger charge is 2.25. The van der Waals surface area contributed by atoms with Gasteiger partial charge in [0.1, 0.15) is 0 Å². The van der Waals surface area contributed by atoms with Gasteiger partial charge in [-0.1, -0.05) is 32.5 Å². The van der Waals surface area contributed by atoms with Crippen LogP contribution >= 0.6 is 24.4 Å². The van der Waals surface area contributed by atoms with E-state index in [-0.39, 0.29) is 11.1 Å². The summed E-state index contributed by atoms with van der Waals surface area (Å²) in [5.41, 5.74) is 0.128. The van der Waals surface area contributed by atoms with Crippen LogP contribution in [0.4, 0.5) is 0 Å². The van der Waals surface area contributed by atoms with E-state index < -0.39 is 0 Å². The molecule has 1 N–H and O–H groups in total. The number of aromatic nitrogens is 3. The molecule has 0 aliphatic carbocycles. The Kier molecular flexibility index (Phi) is 6.35. The number of thiol groups is 1. The first kappa shape index (κ1) is 15.7. The SMILES string of the molecule is CCCn1c(SCC(CC)(CC)CS)n[nH]c1=O. The maximum absolute atomic E-state index is 11.6. The van der Waals surface area contributed by atoms with Gasteiger partial charge in [-0.05, 0) is 30.4 Å². The van der Waals surface area contributed by atoms with Gasteiger partial charge in [0.25, 0.3) is 0 Å². The molecule has 1 aromatic heterocycles.